The predicted octanol–water partition coefficient (Wildman–Crippen LogP) is 0.878. The highest BCUT2D eigenvalue weighted by Gasteiger charge is 2.38. The molecule has 27 heavy (non-hydrogen) atoms. The molecule has 0 radical (unpaired) electrons. The van der Waals surface area contributed by atoms with Gasteiger partial charge in [-0.3, -0.25) is 4.90 Å². The Morgan fingerprint density at radius 3 is 2.48 bits per heavy atom. The minimum Gasteiger partial charge on any atom is -0.381 e. The quantitative estimate of drug-likeness (QED) is 0.773. The molecule has 2 aliphatic rings. The van der Waals surface area contributed by atoms with E-state index in [1.165, 1.54) is 24.3 Å². The first-order valence-corrected chi connectivity index (χ1v) is 10.9. The van der Waals surface area contributed by atoms with Crippen molar-refractivity contribution >= 4 is 10.0 Å². The van der Waals surface area contributed by atoms with E-state index < -0.39 is 10.0 Å². The molecular weight excluding hydrogens is 364 g/mol. The molecule has 3 rings (SSSR count). The third-order valence-electron chi connectivity index (χ3n) is 5.38. The lowest BCUT2D eigenvalue weighted by Crippen LogP contribution is -2.44. The van der Waals surface area contributed by atoms with E-state index in [1.54, 1.807) is 0 Å². The highest BCUT2D eigenvalue weighted by Crippen LogP contribution is 2.26. The number of rotatable bonds is 6. The maximum absolute atomic E-state index is 12.9. The molecule has 0 amide bonds. The SMILES string of the molecule is CN(C)C[C@@H]1CN(C2CCOCC2)C[C@H]1NS(=O)(=O)c1ccc(C#N)cc1. The van der Waals surface area contributed by atoms with Gasteiger partial charge in [-0.15, -0.1) is 0 Å². The van der Waals surface area contributed by atoms with Gasteiger partial charge in [0.25, 0.3) is 0 Å². The normalized spacial score (nSPS) is 25.0. The van der Waals surface area contributed by atoms with E-state index >= 15 is 0 Å². The molecule has 0 spiro atoms. The summed E-state index contributed by atoms with van der Waals surface area (Å²) in [6.07, 6.45) is 2.01. The van der Waals surface area contributed by atoms with Crippen LogP contribution in [0.15, 0.2) is 29.2 Å². The molecule has 0 bridgehead atoms. The smallest absolute Gasteiger partial charge is 0.240 e. The van der Waals surface area contributed by atoms with E-state index in [0.717, 1.165) is 45.7 Å². The van der Waals surface area contributed by atoms with Crippen LogP contribution < -0.4 is 4.72 Å². The predicted molar refractivity (Wildman–Crippen MR) is 103 cm³/mol. The summed E-state index contributed by atoms with van der Waals surface area (Å²) in [7, 11) is 0.413. The van der Waals surface area contributed by atoms with Crippen molar-refractivity contribution in [2.24, 2.45) is 5.92 Å². The number of benzene rings is 1. The molecule has 7 nitrogen and oxygen atoms in total. The highest BCUT2D eigenvalue weighted by molar-refractivity contribution is 7.89. The van der Waals surface area contributed by atoms with Crippen molar-refractivity contribution in [3.8, 4) is 6.07 Å². The summed E-state index contributed by atoms with van der Waals surface area (Å²) < 4.78 is 34.1. The largest absolute Gasteiger partial charge is 0.381 e. The molecule has 2 saturated heterocycles. The van der Waals surface area contributed by atoms with Crippen molar-refractivity contribution in [2.45, 2.75) is 29.8 Å². The monoisotopic (exact) mass is 392 g/mol. The zero-order chi connectivity index (χ0) is 19.4. The first-order chi connectivity index (χ1) is 12.9. The van der Waals surface area contributed by atoms with Gasteiger partial charge >= 0.3 is 0 Å². The van der Waals surface area contributed by atoms with Gasteiger partial charge in [0.15, 0.2) is 0 Å². The maximum atomic E-state index is 12.9. The lowest BCUT2D eigenvalue weighted by molar-refractivity contribution is 0.0405. The highest BCUT2D eigenvalue weighted by atomic mass is 32.2. The molecule has 1 aromatic carbocycles. The number of hydrogen-bond donors (Lipinski definition) is 1. The second-order valence-corrected chi connectivity index (χ2v) is 9.40. The third kappa shape index (κ3) is 5.06. The first kappa shape index (κ1) is 20.2. The number of sulfonamides is 1. The molecule has 2 aliphatic heterocycles. The Morgan fingerprint density at radius 1 is 1.22 bits per heavy atom. The Kier molecular flexibility index (Phi) is 6.50. The van der Waals surface area contributed by atoms with Crippen LogP contribution in [0.2, 0.25) is 0 Å². The summed E-state index contributed by atoms with van der Waals surface area (Å²) in [6.45, 7) is 4.00. The van der Waals surface area contributed by atoms with Crippen LogP contribution in [0.4, 0.5) is 0 Å². The zero-order valence-electron chi connectivity index (χ0n) is 16.0. The fraction of sp³-hybridized carbons (Fsp3) is 0.632. The summed E-state index contributed by atoms with van der Waals surface area (Å²) in [6, 6.07) is 8.41. The van der Waals surface area contributed by atoms with Crippen molar-refractivity contribution in [2.75, 3.05) is 46.9 Å². The molecule has 2 fully saturated rings. The van der Waals surface area contributed by atoms with E-state index in [4.69, 9.17) is 10.00 Å². The Bertz CT molecular complexity index is 767. The van der Waals surface area contributed by atoms with E-state index in [1.807, 2.05) is 20.2 Å². The van der Waals surface area contributed by atoms with Gasteiger partial charge < -0.3 is 9.64 Å². The van der Waals surface area contributed by atoms with Gasteiger partial charge in [0, 0.05) is 50.8 Å². The summed E-state index contributed by atoms with van der Waals surface area (Å²) in [5.41, 5.74) is 0.450. The number of nitrogens with zero attached hydrogens (tertiary/aromatic N) is 3. The topological polar surface area (TPSA) is 85.7 Å². The molecule has 2 atom stereocenters. The van der Waals surface area contributed by atoms with Gasteiger partial charge in [-0.1, -0.05) is 0 Å². The molecule has 8 heteroatoms. The average molecular weight is 393 g/mol. The van der Waals surface area contributed by atoms with Gasteiger partial charge in [0.1, 0.15) is 0 Å². The van der Waals surface area contributed by atoms with E-state index in [-0.39, 0.29) is 16.9 Å². The average Bonchev–Trinajstić information content (AvgIpc) is 3.03. The molecule has 148 valence electrons. The number of hydrogen-bond acceptors (Lipinski definition) is 6. The molecule has 0 saturated carbocycles. The van der Waals surface area contributed by atoms with Crippen LogP contribution in [-0.2, 0) is 14.8 Å². The molecule has 1 aromatic rings. The van der Waals surface area contributed by atoms with Crippen molar-refractivity contribution in [3.05, 3.63) is 29.8 Å². The molecule has 0 unspecified atom stereocenters. The van der Waals surface area contributed by atoms with Crippen LogP contribution >= 0.6 is 0 Å². The standard InChI is InChI=1S/C19H28N4O3S/c1-22(2)12-16-13-23(17-7-9-26-10-8-17)14-19(16)21-27(24,25)18-5-3-15(11-20)4-6-18/h3-6,16-17,19,21H,7-10,12-14H2,1-2H3/t16-,19-/m1/s1. The van der Waals surface area contributed by atoms with Crippen molar-refractivity contribution < 1.29 is 13.2 Å². The van der Waals surface area contributed by atoms with Crippen LogP contribution in [0.25, 0.3) is 0 Å². The van der Waals surface area contributed by atoms with Crippen molar-refractivity contribution in [3.63, 3.8) is 0 Å². The minimum atomic E-state index is -3.62. The van der Waals surface area contributed by atoms with Gasteiger partial charge in [0.05, 0.1) is 16.5 Å². The van der Waals surface area contributed by atoms with Crippen LogP contribution in [0.1, 0.15) is 18.4 Å². The van der Waals surface area contributed by atoms with Crippen LogP contribution in [-0.4, -0.2) is 77.2 Å². The summed E-state index contributed by atoms with van der Waals surface area (Å²) in [5.74, 6) is 0.232. The van der Waals surface area contributed by atoms with E-state index in [0.29, 0.717) is 11.6 Å². The summed E-state index contributed by atoms with van der Waals surface area (Å²) in [5, 5.41) is 8.90. The lowest BCUT2D eigenvalue weighted by atomic mass is 10.0. The fourth-order valence-electron chi connectivity index (χ4n) is 4.02. The summed E-state index contributed by atoms with van der Waals surface area (Å²) in [4.78, 5) is 4.73. The second kappa shape index (κ2) is 8.67. The van der Waals surface area contributed by atoms with Crippen LogP contribution in [0.3, 0.4) is 0 Å². The van der Waals surface area contributed by atoms with Gasteiger partial charge in [-0.05, 0) is 51.2 Å². The Hall–Kier alpha value is -1.50. The van der Waals surface area contributed by atoms with E-state index in [9.17, 15) is 8.42 Å². The zero-order valence-corrected chi connectivity index (χ0v) is 16.8. The van der Waals surface area contributed by atoms with Gasteiger partial charge in [-0.2, -0.15) is 5.26 Å². The molecule has 2 heterocycles. The van der Waals surface area contributed by atoms with Gasteiger partial charge in [0.2, 0.25) is 10.0 Å². The second-order valence-electron chi connectivity index (χ2n) is 7.68. The molecule has 0 aliphatic carbocycles. The van der Waals surface area contributed by atoms with E-state index in [2.05, 4.69) is 14.5 Å². The number of ether oxygens (including phenoxy) is 1. The van der Waals surface area contributed by atoms with Crippen molar-refractivity contribution in [1.82, 2.24) is 14.5 Å². The lowest BCUT2D eigenvalue weighted by Gasteiger charge is -2.31. The Labute approximate surface area is 162 Å². The van der Waals surface area contributed by atoms with Crippen LogP contribution in [0.5, 0.6) is 0 Å². The number of nitriles is 1. The summed E-state index contributed by atoms with van der Waals surface area (Å²) >= 11 is 0. The Balaban J connectivity index is 1.73. The first-order valence-electron chi connectivity index (χ1n) is 9.38. The third-order valence-corrected chi connectivity index (χ3v) is 6.88. The number of likely N-dealkylation sites (tertiary alicyclic amines) is 1. The van der Waals surface area contributed by atoms with Gasteiger partial charge in [-0.25, -0.2) is 13.1 Å². The fourth-order valence-corrected chi connectivity index (χ4v) is 5.31. The van der Waals surface area contributed by atoms with Crippen LogP contribution in [0, 0.1) is 17.2 Å². The maximum Gasteiger partial charge on any atom is 0.240 e. The van der Waals surface area contributed by atoms with Crippen molar-refractivity contribution in [1.29, 1.82) is 5.26 Å². The molecule has 1 N–H and O–H groups in total. The molecule has 0 aromatic heterocycles. The molecular formula is C19H28N4O3S. The number of nitrogens with one attached hydrogen (secondary N) is 1. The minimum absolute atomic E-state index is 0.129. The Morgan fingerprint density at radius 2 is 1.89 bits per heavy atom.